The van der Waals surface area contributed by atoms with Crippen LogP contribution in [0.5, 0.6) is 11.5 Å². The third-order valence-electron chi connectivity index (χ3n) is 2.98. The Morgan fingerprint density at radius 3 is 2.00 bits per heavy atom. The standard InChI is InChI=1S/C15H20N2O6/c1-8(2)12(13(18)17-15(16)20)23-14(19)11-9(21-3)6-5-7-10(11)22-4/h5-8,12H,1-4H3,(H3,16,17,18,20)/t12-/m1/s1. The number of urea groups is 1. The molecule has 8 nitrogen and oxygen atoms in total. The molecule has 0 fully saturated rings. The zero-order valence-corrected chi connectivity index (χ0v) is 13.4. The summed E-state index contributed by atoms with van der Waals surface area (Å²) in [7, 11) is 2.79. The molecule has 3 N–H and O–H groups in total. The summed E-state index contributed by atoms with van der Waals surface area (Å²) < 4.78 is 15.5. The molecule has 0 unspecified atom stereocenters. The van der Waals surface area contributed by atoms with Crippen LogP contribution in [-0.2, 0) is 9.53 Å². The van der Waals surface area contributed by atoms with E-state index in [4.69, 9.17) is 19.9 Å². The summed E-state index contributed by atoms with van der Waals surface area (Å²) in [4.78, 5) is 35.2. The number of primary amides is 1. The molecular weight excluding hydrogens is 304 g/mol. The molecule has 1 aromatic rings. The number of rotatable bonds is 6. The van der Waals surface area contributed by atoms with Crippen LogP contribution >= 0.6 is 0 Å². The summed E-state index contributed by atoms with van der Waals surface area (Å²) in [6.45, 7) is 3.33. The van der Waals surface area contributed by atoms with Crippen molar-refractivity contribution in [3.8, 4) is 11.5 Å². The van der Waals surface area contributed by atoms with Gasteiger partial charge in [-0.2, -0.15) is 0 Å². The Morgan fingerprint density at radius 2 is 1.61 bits per heavy atom. The van der Waals surface area contributed by atoms with Crippen molar-refractivity contribution in [2.75, 3.05) is 14.2 Å². The number of esters is 1. The van der Waals surface area contributed by atoms with Gasteiger partial charge in [0.2, 0.25) is 0 Å². The van der Waals surface area contributed by atoms with Crippen molar-refractivity contribution < 1.29 is 28.6 Å². The lowest BCUT2D eigenvalue weighted by Crippen LogP contribution is -2.45. The van der Waals surface area contributed by atoms with E-state index >= 15 is 0 Å². The van der Waals surface area contributed by atoms with Crippen molar-refractivity contribution in [1.82, 2.24) is 5.32 Å². The first-order valence-corrected chi connectivity index (χ1v) is 6.84. The molecule has 8 heteroatoms. The van der Waals surface area contributed by atoms with Crippen LogP contribution in [0, 0.1) is 5.92 Å². The van der Waals surface area contributed by atoms with Crippen LogP contribution in [0.1, 0.15) is 24.2 Å². The molecular formula is C15H20N2O6. The second-order valence-corrected chi connectivity index (χ2v) is 4.96. The molecule has 1 atom stereocenters. The highest BCUT2D eigenvalue weighted by molar-refractivity contribution is 6.00. The first-order chi connectivity index (χ1) is 10.8. The molecule has 1 aromatic carbocycles. The molecule has 0 aliphatic heterocycles. The molecule has 0 saturated heterocycles. The van der Waals surface area contributed by atoms with Gasteiger partial charge in [0.25, 0.3) is 5.91 Å². The summed E-state index contributed by atoms with van der Waals surface area (Å²) in [5, 5.41) is 1.90. The van der Waals surface area contributed by atoms with Gasteiger partial charge in [0.1, 0.15) is 17.1 Å². The third kappa shape index (κ3) is 4.60. The van der Waals surface area contributed by atoms with Crippen molar-refractivity contribution in [2.45, 2.75) is 20.0 Å². The number of hydrogen-bond acceptors (Lipinski definition) is 6. The lowest BCUT2D eigenvalue weighted by molar-refractivity contribution is -0.130. The fraction of sp³-hybridized carbons (Fsp3) is 0.400. The van der Waals surface area contributed by atoms with E-state index in [1.54, 1.807) is 32.0 Å². The minimum atomic E-state index is -1.19. The average Bonchev–Trinajstić information content (AvgIpc) is 2.50. The topological polar surface area (TPSA) is 117 Å². The largest absolute Gasteiger partial charge is 0.496 e. The SMILES string of the molecule is COc1cccc(OC)c1C(=O)O[C@@H](C(=O)NC(N)=O)C(C)C. The average molecular weight is 324 g/mol. The molecule has 0 aliphatic carbocycles. The maximum Gasteiger partial charge on any atom is 0.346 e. The van der Waals surface area contributed by atoms with E-state index < -0.39 is 24.0 Å². The van der Waals surface area contributed by atoms with Gasteiger partial charge in [0, 0.05) is 0 Å². The summed E-state index contributed by atoms with van der Waals surface area (Å²) in [6, 6.07) is 3.75. The summed E-state index contributed by atoms with van der Waals surface area (Å²) in [5.41, 5.74) is 4.96. The van der Waals surface area contributed by atoms with Gasteiger partial charge in [-0.15, -0.1) is 0 Å². The molecule has 0 heterocycles. The number of nitrogens with two attached hydrogens (primary N) is 1. The number of nitrogens with one attached hydrogen (secondary N) is 1. The van der Waals surface area contributed by atoms with Crippen molar-refractivity contribution in [3.05, 3.63) is 23.8 Å². The summed E-state index contributed by atoms with van der Waals surface area (Å²) in [5.74, 6) is -1.49. The van der Waals surface area contributed by atoms with Crippen molar-refractivity contribution in [3.63, 3.8) is 0 Å². The number of carbonyl (C=O) groups excluding carboxylic acids is 3. The predicted octanol–water partition coefficient (Wildman–Crippen LogP) is 1.08. The lowest BCUT2D eigenvalue weighted by Gasteiger charge is -2.21. The highest BCUT2D eigenvalue weighted by Gasteiger charge is 2.30. The molecule has 3 amide bonds. The zero-order valence-electron chi connectivity index (χ0n) is 13.4. The number of imide groups is 1. The fourth-order valence-corrected chi connectivity index (χ4v) is 1.91. The number of ether oxygens (including phenoxy) is 3. The molecule has 0 radical (unpaired) electrons. The third-order valence-corrected chi connectivity index (χ3v) is 2.98. The smallest absolute Gasteiger partial charge is 0.346 e. The van der Waals surface area contributed by atoms with Crippen molar-refractivity contribution in [1.29, 1.82) is 0 Å². The van der Waals surface area contributed by atoms with Gasteiger partial charge in [-0.1, -0.05) is 19.9 Å². The predicted molar refractivity (Wildman–Crippen MR) is 81.3 cm³/mol. The van der Waals surface area contributed by atoms with Gasteiger partial charge in [0.15, 0.2) is 6.10 Å². The Kier molecular flexibility index (Phi) is 6.37. The number of benzene rings is 1. The Balaban J connectivity index is 3.09. The van der Waals surface area contributed by atoms with Gasteiger partial charge in [-0.3, -0.25) is 10.1 Å². The lowest BCUT2D eigenvalue weighted by atomic mass is 10.1. The highest BCUT2D eigenvalue weighted by Crippen LogP contribution is 2.29. The van der Waals surface area contributed by atoms with Crippen molar-refractivity contribution >= 4 is 17.9 Å². The van der Waals surface area contributed by atoms with Crippen LogP contribution in [0.4, 0.5) is 4.79 Å². The number of hydrogen-bond donors (Lipinski definition) is 2. The maximum atomic E-state index is 12.4. The van der Waals surface area contributed by atoms with Crippen LogP contribution in [0.15, 0.2) is 18.2 Å². The minimum absolute atomic E-state index is 0.0509. The molecule has 0 bridgehead atoms. The molecule has 0 aromatic heterocycles. The van der Waals surface area contributed by atoms with Crippen LogP contribution in [-0.4, -0.2) is 38.2 Å². The first-order valence-electron chi connectivity index (χ1n) is 6.84. The van der Waals surface area contributed by atoms with Gasteiger partial charge < -0.3 is 19.9 Å². The monoisotopic (exact) mass is 324 g/mol. The van der Waals surface area contributed by atoms with Gasteiger partial charge in [-0.05, 0) is 18.1 Å². The summed E-state index contributed by atoms with van der Waals surface area (Å²) in [6.07, 6.45) is -1.19. The molecule has 0 saturated carbocycles. The van der Waals surface area contributed by atoms with Gasteiger partial charge >= 0.3 is 12.0 Å². The highest BCUT2D eigenvalue weighted by atomic mass is 16.6. The Labute approximate surface area is 133 Å². The Morgan fingerprint density at radius 1 is 1.09 bits per heavy atom. The maximum absolute atomic E-state index is 12.4. The van der Waals surface area contributed by atoms with Crippen LogP contribution in [0.3, 0.4) is 0 Å². The zero-order chi connectivity index (χ0) is 17.6. The quantitative estimate of drug-likeness (QED) is 0.756. The van der Waals surface area contributed by atoms with E-state index in [1.807, 2.05) is 5.32 Å². The van der Waals surface area contributed by atoms with Crippen LogP contribution in [0.2, 0.25) is 0 Å². The van der Waals surface area contributed by atoms with E-state index in [1.165, 1.54) is 14.2 Å². The molecule has 1 rings (SSSR count). The second-order valence-electron chi connectivity index (χ2n) is 4.96. The molecule has 23 heavy (non-hydrogen) atoms. The van der Waals surface area contributed by atoms with Gasteiger partial charge in [0.05, 0.1) is 14.2 Å². The number of carbonyl (C=O) groups is 3. The fourth-order valence-electron chi connectivity index (χ4n) is 1.91. The molecule has 0 spiro atoms. The number of methoxy groups -OCH3 is 2. The Bertz CT molecular complexity index is 577. The van der Waals surface area contributed by atoms with E-state index in [0.717, 1.165) is 0 Å². The van der Waals surface area contributed by atoms with Crippen LogP contribution < -0.4 is 20.5 Å². The van der Waals surface area contributed by atoms with Gasteiger partial charge in [-0.25, -0.2) is 9.59 Å². The second kappa shape index (κ2) is 8.02. The number of amides is 3. The van der Waals surface area contributed by atoms with Crippen molar-refractivity contribution in [2.24, 2.45) is 11.7 Å². The minimum Gasteiger partial charge on any atom is -0.496 e. The first kappa shape index (κ1) is 18.3. The molecule has 0 aliphatic rings. The van der Waals surface area contributed by atoms with E-state index in [9.17, 15) is 14.4 Å². The van der Waals surface area contributed by atoms with Crippen LogP contribution in [0.25, 0.3) is 0 Å². The normalized spacial score (nSPS) is 11.5. The Hall–Kier alpha value is -2.77. The van der Waals surface area contributed by atoms with E-state index in [2.05, 4.69) is 0 Å². The molecule has 126 valence electrons. The van der Waals surface area contributed by atoms with E-state index in [-0.39, 0.29) is 23.0 Å². The summed E-state index contributed by atoms with van der Waals surface area (Å²) >= 11 is 0. The van der Waals surface area contributed by atoms with E-state index in [0.29, 0.717) is 0 Å².